The van der Waals surface area contributed by atoms with Crippen LogP contribution < -0.4 is 4.72 Å². The van der Waals surface area contributed by atoms with Gasteiger partial charge < -0.3 is 4.98 Å². The van der Waals surface area contributed by atoms with Gasteiger partial charge in [0.1, 0.15) is 18.0 Å². The fraction of sp³-hybridized carbons (Fsp3) is 0.391. The number of pyridine rings is 1. The standard InChI is InChI=1S/C23H24ClF2N3O3S/c1-3-13-4-6-15(7-5-13)33(31,32)29-23(2)9-8-18(25)19(21(23)26)20(30)17-12-28-22-16(17)10-14(24)11-27-22/h4-7,10-12,18-19,21,29H,3,8-9H2,1-2H3,(H,27,28). The fourth-order valence-electron chi connectivity index (χ4n) is 4.37. The molecule has 10 heteroatoms. The number of sulfonamides is 1. The number of aryl methyl sites for hydroxylation is 1. The summed E-state index contributed by atoms with van der Waals surface area (Å²) in [6.07, 6.45) is -0.612. The molecule has 33 heavy (non-hydrogen) atoms. The fourth-order valence-corrected chi connectivity index (χ4v) is 5.97. The van der Waals surface area contributed by atoms with Gasteiger partial charge in [-0.05, 0) is 49.9 Å². The first-order chi connectivity index (χ1) is 15.6. The lowest BCUT2D eigenvalue weighted by atomic mass is 9.72. The first-order valence-corrected chi connectivity index (χ1v) is 12.5. The second-order valence-electron chi connectivity index (χ2n) is 8.62. The summed E-state index contributed by atoms with van der Waals surface area (Å²) in [4.78, 5) is 20.1. The number of aromatic amines is 1. The largest absolute Gasteiger partial charge is 0.345 e. The van der Waals surface area contributed by atoms with Crippen LogP contribution in [0.5, 0.6) is 0 Å². The van der Waals surface area contributed by atoms with Crippen LogP contribution in [0.4, 0.5) is 8.78 Å². The summed E-state index contributed by atoms with van der Waals surface area (Å²) < 4.78 is 59.0. The van der Waals surface area contributed by atoms with Gasteiger partial charge in [-0.2, -0.15) is 0 Å². The summed E-state index contributed by atoms with van der Waals surface area (Å²) in [5, 5.41) is 0.635. The zero-order chi connectivity index (χ0) is 24.0. The lowest BCUT2D eigenvalue weighted by molar-refractivity contribution is 0.0166. The van der Waals surface area contributed by atoms with Crippen molar-refractivity contribution in [3.8, 4) is 0 Å². The molecule has 1 fully saturated rings. The van der Waals surface area contributed by atoms with Crippen molar-refractivity contribution in [2.24, 2.45) is 5.92 Å². The van der Waals surface area contributed by atoms with E-state index in [1.807, 2.05) is 6.92 Å². The van der Waals surface area contributed by atoms with Crippen LogP contribution in [-0.2, 0) is 16.4 Å². The van der Waals surface area contributed by atoms with Crippen molar-refractivity contribution in [2.75, 3.05) is 0 Å². The monoisotopic (exact) mass is 495 g/mol. The number of H-pyrrole nitrogens is 1. The Kier molecular flexibility index (Phi) is 6.32. The number of aromatic nitrogens is 2. The van der Waals surface area contributed by atoms with E-state index in [2.05, 4.69) is 14.7 Å². The topological polar surface area (TPSA) is 91.9 Å². The minimum Gasteiger partial charge on any atom is -0.345 e. The Morgan fingerprint density at radius 1 is 1.30 bits per heavy atom. The zero-order valence-corrected chi connectivity index (χ0v) is 19.7. The Balaban J connectivity index is 1.64. The van der Waals surface area contributed by atoms with E-state index in [4.69, 9.17) is 11.6 Å². The highest BCUT2D eigenvalue weighted by Crippen LogP contribution is 2.40. The number of benzene rings is 1. The van der Waals surface area contributed by atoms with Crippen LogP contribution in [0, 0.1) is 5.92 Å². The number of ketones is 1. The van der Waals surface area contributed by atoms with Crippen LogP contribution in [0.15, 0.2) is 47.6 Å². The van der Waals surface area contributed by atoms with E-state index in [1.54, 1.807) is 12.1 Å². The van der Waals surface area contributed by atoms with Gasteiger partial charge >= 0.3 is 0 Å². The zero-order valence-electron chi connectivity index (χ0n) is 18.1. The summed E-state index contributed by atoms with van der Waals surface area (Å²) >= 11 is 5.98. The lowest BCUT2D eigenvalue weighted by Gasteiger charge is -2.42. The van der Waals surface area contributed by atoms with E-state index in [0.29, 0.717) is 11.0 Å². The van der Waals surface area contributed by atoms with Gasteiger partial charge in [0.25, 0.3) is 0 Å². The lowest BCUT2D eigenvalue weighted by Crippen LogP contribution is -2.60. The molecule has 0 aliphatic heterocycles. The number of hydrogen-bond donors (Lipinski definition) is 2. The average molecular weight is 496 g/mol. The Hall–Kier alpha value is -2.36. The molecule has 2 aromatic heterocycles. The van der Waals surface area contributed by atoms with Gasteiger partial charge in [-0.3, -0.25) is 4.79 Å². The molecule has 0 spiro atoms. The van der Waals surface area contributed by atoms with E-state index in [0.717, 1.165) is 12.0 Å². The number of fused-ring (bicyclic) bond motifs is 1. The first-order valence-electron chi connectivity index (χ1n) is 10.6. The maximum absolute atomic E-state index is 15.8. The molecule has 3 aromatic rings. The van der Waals surface area contributed by atoms with Crippen LogP contribution in [-0.4, -0.2) is 42.1 Å². The normalized spacial score (nSPS) is 25.9. The molecule has 1 aromatic carbocycles. The predicted octanol–water partition coefficient (Wildman–Crippen LogP) is 4.78. The van der Waals surface area contributed by atoms with Gasteiger partial charge in [0, 0.05) is 23.3 Å². The highest BCUT2D eigenvalue weighted by atomic mass is 35.5. The number of nitrogens with one attached hydrogen (secondary N) is 2. The highest BCUT2D eigenvalue weighted by molar-refractivity contribution is 7.89. The van der Waals surface area contributed by atoms with Crippen LogP contribution >= 0.6 is 11.6 Å². The predicted molar refractivity (Wildman–Crippen MR) is 122 cm³/mol. The Morgan fingerprint density at radius 3 is 2.67 bits per heavy atom. The minimum absolute atomic E-state index is 0.0179. The molecular weight excluding hydrogens is 472 g/mol. The van der Waals surface area contributed by atoms with Crippen molar-refractivity contribution in [3.05, 3.63) is 58.9 Å². The van der Waals surface area contributed by atoms with Gasteiger partial charge in [-0.15, -0.1) is 0 Å². The van der Waals surface area contributed by atoms with Gasteiger partial charge in [0.15, 0.2) is 5.78 Å². The molecule has 176 valence electrons. The maximum atomic E-state index is 15.8. The summed E-state index contributed by atoms with van der Waals surface area (Å²) in [7, 11) is -4.09. The van der Waals surface area contributed by atoms with E-state index < -0.39 is 39.6 Å². The number of carbonyl (C=O) groups excluding carboxylic acids is 1. The molecule has 0 amide bonds. The SMILES string of the molecule is CCc1ccc(S(=O)(=O)NC2(C)CCC(F)C(C(=O)c3c[nH]c4ncc(Cl)cc34)C2F)cc1. The van der Waals surface area contributed by atoms with Crippen molar-refractivity contribution < 1.29 is 22.0 Å². The van der Waals surface area contributed by atoms with Gasteiger partial charge in [0.2, 0.25) is 10.0 Å². The Labute approximate surface area is 195 Å². The van der Waals surface area contributed by atoms with E-state index >= 15 is 4.39 Å². The molecule has 0 radical (unpaired) electrons. The maximum Gasteiger partial charge on any atom is 0.241 e. The number of halogens is 3. The first kappa shape index (κ1) is 23.8. The summed E-state index contributed by atoms with van der Waals surface area (Å²) in [5.74, 6) is -2.44. The molecule has 6 nitrogen and oxygen atoms in total. The van der Waals surface area contributed by atoms with Gasteiger partial charge in [0.05, 0.1) is 21.4 Å². The molecule has 0 saturated heterocycles. The molecule has 1 aliphatic rings. The summed E-state index contributed by atoms with van der Waals surface area (Å²) in [6, 6.07) is 7.77. The third-order valence-electron chi connectivity index (χ3n) is 6.33. The quantitative estimate of drug-likeness (QED) is 0.481. The molecule has 4 atom stereocenters. The van der Waals surface area contributed by atoms with Crippen molar-refractivity contribution in [3.63, 3.8) is 0 Å². The second-order valence-corrected chi connectivity index (χ2v) is 10.7. The van der Waals surface area contributed by atoms with E-state index in [9.17, 15) is 17.6 Å². The number of carbonyl (C=O) groups is 1. The number of Topliss-reactive ketones (excluding diaryl/α,β-unsaturated/α-hetero) is 1. The number of nitrogens with zero attached hydrogens (tertiary/aromatic N) is 1. The molecule has 2 heterocycles. The Bertz CT molecular complexity index is 1300. The summed E-state index contributed by atoms with van der Waals surface area (Å²) in [6.45, 7) is 3.32. The number of alkyl halides is 2. The van der Waals surface area contributed by atoms with E-state index in [1.165, 1.54) is 37.5 Å². The average Bonchev–Trinajstić information content (AvgIpc) is 3.19. The molecule has 2 N–H and O–H groups in total. The van der Waals surface area contributed by atoms with Crippen LogP contribution in [0.2, 0.25) is 5.02 Å². The molecule has 1 saturated carbocycles. The minimum atomic E-state index is -4.09. The summed E-state index contributed by atoms with van der Waals surface area (Å²) in [5.41, 5.74) is -0.269. The smallest absolute Gasteiger partial charge is 0.241 e. The van der Waals surface area contributed by atoms with Crippen molar-refractivity contribution in [1.82, 2.24) is 14.7 Å². The van der Waals surface area contributed by atoms with Crippen LogP contribution in [0.3, 0.4) is 0 Å². The van der Waals surface area contributed by atoms with Crippen molar-refractivity contribution in [1.29, 1.82) is 0 Å². The molecule has 4 rings (SSSR count). The van der Waals surface area contributed by atoms with Gasteiger partial charge in [-0.25, -0.2) is 26.9 Å². The molecule has 0 bridgehead atoms. The van der Waals surface area contributed by atoms with Gasteiger partial charge in [-0.1, -0.05) is 30.7 Å². The molecular formula is C23H24ClF2N3O3S. The number of rotatable bonds is 6. The van der Waals surface area contributed by atoms with Crippen molar-refractivity contribution in [2.45, 2.75) is 55.9 Å². The Morgan fingerprint density at radius 2 is 2.00 bits per heavy atom. The third kappa shape index (κ3) is 4.41. The molecule has 4 unspecified atom stereocenters. The van der Waals surface area contributed by atoms with Crippen LogP contribution in [0.1, 0.15) is 42.6 Å². The highest BCUT2D eigenvalue weighted by Gasteiger charge is 2.52. The molecule has 1 aliphatic carbocycles. The second kappa shape index (κ2) is 8.77. The third-order valence-corrected chi connectivity index (χ3v) is 8.16. The van der Waals surface area contributed by atoms with E-state index in [-0.39, 0.29) is 28.3 Å². The number of hydrogen-bond acceptors (Lipinski definition) is 4. The van der Waals surface area contributed by atoms with Crippen LogP contribution in [0.25, 0.3) is 11.0 Å². The van der Waals surface area contributed by atoms with Crippen molar-refractivity contribution >= 4 is 38.4 Å².